The molecule has 1 aliphatic rings. The van der Waals surface area contributed by atoms with Crippen LogP contribution in [0.3, 0.4) is 0 Å². The van der Waals surface area contributed by atoms with Crippen LogP contribution in [-0.4, -0.2) is 37.0 Å². The van der Waals surface area contributed by atoms with Crippen LogP contribution in [0.15, 0.2) is 0 Å². The van der Waals surface area contributed by atoms with E-state index in [1.165, 1.54) is 0 Å². The Balaban J connectivity index is 2.01. The topological polar surface area (TPSA) is 55.8 Å². The number of hydrogen-bond acceptors (Lipinski definition) is 3. The Morgan fingerprint density at radius 3 is 3.08 bits per heavy atom. The van der Waals surface area contributed by atoms with Gasteiger partial charge in [0.1, 0.15) is 0 Å². The predicted octanol–water partition coefficient (Wildman–Crippen LogP) is 0.657. The highest BCUT2D eigenvalue weighted by molar-refractivity contribution is 5.66. The minimum absolute atomic E-state index is 0.0799. The van der Waals surface area contributed by atoms with Crippen LogP contribution in [0.2, 0.25) is 0 Å². The van der Waals surface area contributed by atoms with Crippen LogP contribution in [0.5, 0.6) is 0 Å². The summed E-state index contributed by atoms with van der Waals surface area (Å²) in [6.45, 7) is 1.71. The van der Waals surface area contributed by atoms with E-state index in [4.69, 9.17) is 14.6 Å². The maximum absolute atomic E-state index is 10.1. The van der Waals surface area contributed by atoms with Gasteiger partial charge in [-0.3, -0.25) is 4.79 Å². The van der Waals surface area contributed by atoms with Gasteiger partial charge in [0.15, 0.2) is 0 Å². The number of carboxylic acids is 1. The van der Waals surface area contributed by atoms with Crippen LogP contribution >= 0.6 is 0 Å². The summed E-state index contributed by atoms with van der Waals surface area (Å²) in [5, 5.41) is 8.33. The highest BCUT2D eigenvalue weighted by Crippen LogP contribution is 2.09. The van der Waals surface area contributed by atoms with Crippen molar-refractivity contribution in [3.05, 3.63) is 0 Å². The molecule has 0 aromatic heterocycles. The van der Waals surface area contributed by atoms with E-state index in [0.717, 1.165) is 19.4 Å². The van der Waals surface area contributed by atoms with Gasteiger partial charge in [0.05, 0.1) is 25.7 Å². The molecule has 1 unspecified atom stereocenters. The van der Waals surface area contributed by atoms with Crippen molar-refractivity contribution in [2.75, 3.05) is 19.8 Å². The number of ether oxygens (including phenoxy) is 2. The molecular formula is C8H14O4. The van der Waals surface area contributed by atoms with Crippen molar-refractivity contribution >= 4 is 5.97 Å². The second-order valence-corrected chi connectivity index (χ2v) is 2.85. The Morgan fingerprint density at radius 1 is 1.67 bits per heavy atom. The largest absolute Gasteiger partial charge is 0.481 e. The fourth-order valence-electron chi connectivity index (χ4n) is 1.16. The Kier molecular flexibility index (Phi) is 4.04. The van der Waals surface area contributed by atoms with Crippen molar-refractivity contribution in [2.45, 2.75) is 25.4 Å². The first-order chi connectivity index (χ1) is 5.79. The quantitative estimate of drug-likeness (QED) is 0.680. The fraction of sp³-hybridized carbons (Fsp3) is 0.875. The smallest absolute Gasteiger partial charge is 0.305 e. The van der Waals surface area contributed by atoms with Crippen molar-refractivity contribution in [1.29, 1.82) is 0 Å². The van der Waals surface area contributed by atoms with E-state index in [2.05, 4.69) is 0 Å². The predicted molar refractivity (Wildman–Crippen MR) is 42.0 cm³/mol. The van der Waals surface area contributed by atoms with E-state index < -0.39 is 5.97 Å². The Bertz CT molecular complexity index is 140. The van der Waals surface area contributed by atoms with Gasteiger partial charge in [-0.1, -0.05) is 0 Å². The van der Waals surface area contributed by atoms with Crippen LogP contribution in [0.1, 0.15) is 19.3 Å². The number of hydrogen-bond donors (Lipinski definition) is 1. The molecule has 0 saturated carbocycles. The first-order valence-corrected chi connectivity index (χ1v) is 4.20. The summed E-state index contributed by atoms with van der Waals surface area (Å²) in [7, 11) is 0. The molecule has 4 heteroatoms. The van der Waals surface area contributed by atoms with E-state index in [-0.39, 0.29) is 12.5 Å². The lowest BCUT2D eigenvalue weighted by Crippen LogP contribution is -2.26. The molecule has 0 aliphatic carbocycles. The van der Waals surface area contributed by atoms with E-state index >= 15 is 0 Å². The first kappa shape index (κ1) is 9.48. The molecule has 0 aromatic carbocycles. The second-order valence-electron chi connectivity index (χ2n) is 2.85. The van der Waals surface area contributed by atoms with Gasteiger partial charge in [-0.2, -0.15) is 0 Å². The molecule has 4 nitrogen and oxygen atoms in total. The third-order valence-electron chi connectivity index (χ3n) is 1.79. The highest BCUT2D eigenvalue weighted by atomic mass is 16.5. The van der Waals surface area contributed by atoms with Gasteiger partial charge in [0.25, 0.3) is 0 Å². The van der Waals surface area contributed by atoms with E-state index in [0.29, 0.717) is 13.2 Å². The van der Waals surface area contributed by atoms with Gasteiger partial charge in [-0.15, -0.1) is 0 Å². The monoisotopic (exact) mass is 174 g/mol. The summed E-state index contributed by atoms with van der Waals surface area (Å²) in [6.07, 6.45) is 2.19. The van der Waals surface area contributed by atoms with Gasteiger partial charge in [0.2, 0.25) is 0 Å². The summed E-state index contributed by atoms with van der Waals surface area (Å²) < 4.78 is 10.5. The third-order valence-corrected chi connectivity index (χ3v) is 1.79. The molecule has 12 heavy (non-hydrogen) atoms. The molecule has 1 heterocycles. The lowest BCUT2D eigenvalue weighted by molar-refractivity contribution is -0.139. The zero-order chi connectivity index (χ0) is 8.81. The van der Waals surface area contributed by atoms with Crippen molar-refractivity contribution in [1.82, 2.24) is 0 Å². The Labute approximate surface area is 71.5 Å². The second kappa shape index (κ2) is 5.11. The summed E-state index contributed by atoms with van der Waals surface area (Å²) in [5.41, 5.74) is 0. The molecule has 0 radical (unpaired) electrons. The number of aliphatic carboxylic acids is 1. The first-order valence-electron chi connectivity index (χ1n) is 4.20. The van der Waals surface area contributed by atoms with Crippen LogP contribution in [0, 0.1) is 0 Å². The van der Waals surface area contributed by atoms with Crippen LogP contribution in [0.25, 0.3) is 0 Å². The summed E-state index contributed by atoms with van der Waals surface area (Å²) in [5.74, 6) is -0.813. The minimum atomic E-state index is -0.813. The average Bonchev–Trinajstić information content (AvgIpc) is 2.05. The average molecular weight is 174 g/mol. The van der Waals surface area contributed by atoms with Gasteiger partial charge in [-0.05, 0) is 12.8 Å². The maximum atomic E-state index is 10.1. The zero-order valence-corrected chi connectivity index (χ0v) is 6.99. The molecule has 1 saturated heterocycles. The van der Waals surface area contributed by atoms with Crippen molar-refractivity contribution < 1.29 is 19.4 Å². The van der Waals surface area contributed by atoms with Crippen molar-refractivity contribution in [3.63, 3.8) is 0 Å². The summed E-state index contributed by atoms with van der Waals surface area (Å²) in [4.78, 5) is 10.1. The molecule has 1 aliphatic heterocycles. The van der Waals surface area contributed by atoms with Gasteiger partial charge in [0, 0.05) is 6.61 Å². The molecule has 1 rings (SSSR count). The molecule has 70 valence electrons. The Morgan fingerprint density at radius 2 is 2.50 bits per heavy atom. The molecule has 1 fully saturated rings. The number of carboxylic acid groups (broad SMARTS) is 1. The summed E-state index contributed by atoms with van der Waals surface area (Å²) in [6, 6.07) is 0. The SMILES string of the molecule is O=C(O)CCOC1CCCOC1. The van der Waals surface area contributed by atoms with Gasteiger partial charge < -0.3 is 14.6 Å². The van der Waals surface area contributed by atoms with E-state index in [1.807, 2.05) is 0 Å². The van der Waals surface area contributed by atoms with Crippen LogP contribution in [0.4, 0.5) is 0 Å². The standard InChI is InChI=1S/C8H14O4/c9-8(10)3-5-12-7-2-1-4-11-6-7/h7H,1-6H2,(H,9,10). The molecule has 0 bridgehead atoms. The maximum Gasteiger partial charge on any atom is 0.305 e. The summed E-state index contributed by atoms with van der Waals surface area (Å²) >= 11 is 0. The van der Waals surface area contributed by atoms with E-state index in [9.17, 15) is 4.79 Å². The lowest BCUT2D eigenvalue weighted by atomic mass is 10.2. The molecule has 1 N–H and O–H groups in total. The number of rotatable bonds is 4. The molecular weight excluding hydrogens is 160 g/mol. The number of carbonyl (C=O) groups is 1. The highest BCUT2D eigenvalue weighted by Gasteiger charge is 2.13. The normalized spacial score (nSPS) is 23.8. The minimum Gasteiger partial charge on any atom is -0.481 e. The fourth-order valence-corrected chi connectivity index (χ4v) is 1.16. The third kappa shape index (κ3) is 3.69. The van der Waals surface area contributed by atoms with Crippen LogP contribution in [-0.2, 0) is 14.3 Å². The zero-order valence-electron chi connectivity index (χ0n) is 6.99. The van der Waals surface area contributed by atoms with Crippen molar-refractivity contribution in [3.8, 4) is 0 Å². The van der Waals surface area contributed by atoms with Crippen molar-refractivity contribution in [2.24, 2.45) is 0 Å². The Hall–Kier alpha value is -0.610. The molecule has 0 amide bonds. The lowest BCUT2D eigenvalue weighted by Gasteiger charge is -2.21. The molecule has 1 atom stereocenters. The van der Waals surface area contributed by atoms with Crippen LogP contribution < -0.4 is 0 Å². The molecule has 0 aromatic rings. The molecule has 0 spiro atoms. The van der Waals surface area contributed by atoms with Gasteiger partial charge in [-0.25, -0.2) is 0 Å². The van der Waals surface area contributed by atoms with Gasteiger partial charge >= 0.3 is 5.97 Å². The van der Waals surface area contributed by atoms with E-state index in [1.54, 1.807) is 0 Å².